The van der Waals surface area contributed by atoms with Crippen LogP contribution in [0.3, 0.4) is 0 Å². The Morgan fingerprint density at radius 1 is 1.10 bits per heavy atom. The number of nitrogens with two attached hydrogens (primary N) is 1. The van der Waals surface area contributed by atoms with Crippen LogP contribution in [-0.4, -0.2) is 11.8 Å². The highest BCUT2D eigenvalue weighted by Gasteiger charge is 2.03. The lowest BCUT2D eigenvalue weighted by molar-refractivity contribution is -0.111. The van der Waals surface area contributed by atoms with Gasteiger partial charge in [0.15, 0.2) is 0 Å². The highest BCUT2D eigenvalue weighted by Crippen LogP contribution is 2.11. The largest absolute Gasteiger partial charge is 0.366 e. The van der Waals surface area contributed by atoms with Gasteiger partial charge in [-0.3, -0.25) is 9.59 Å². The van der Waals surface area contributed by atoms with E-state index in [1.165, 1.54) is 30.4 Å². The van der Waals surface area contributed by atoms with Gasteiger partial charge in [0.25, 0.3) is 0 Å². The van der Waals surface area contributed by atoms with E-state index in [1.54, 1.807) is 30.3 Å². The highest BCUT2D eigenvalue weighted by atomic mass is 19.1. The number of carbonyl (C=O) groups excluding carboxylic acids is 2. The Bertz CT molecular complexity index is 711. The van der Waals surface area contributed by atoms with E-state index in [2.05, 4.69) is 5.32 Å². The van der Waals surface area contributed by atoms with Crippen molar-refractivity contribution in [2.75, 3.05) is 5.32 Å². The summed E-state index contributed by atoms with van der Waals surface area (Å²) in [5, 5.41) is 2.59. The first-order chi connectivity index (χ1) is 10.0. The summed E-state index contributed by atoms with van der Waals surface area (Å²) < 4.78 is 13.0. The molecule has 0 aliphatic rings. The monoisotopic (exact) mass is 284 g/mol. The first-order valence-electron chi connectivity index (χ1n) is 6.19. The molecule has 0 fully saturated rings. The van der Waals surface area contributed by atoms with Crippen LogP contribution in [0.15, 0.2) is 54.6 Å². The zero-order chi connectivity index (χ0) is 15.2. The molecule has 2 rings (SSSR count). The Balaban J connectivity index is 2.05. The van der Waals surface area contributed by atoms with Gasteiger partial charge in [-0.1, -0.05) is 18.2 Å². The fourth-order valence-corrected chi connectivity index (χ4v) is 1.72. The van der Waals surface area contributed by atoms with Crippen molar-refractivity contribution >= 4 is 23.6 Å². The molecular weight excluding hydrogens is 271 g/mol. The minimum Gasteiger partial charge on any atom is -0.366 e. The third-order valence-corrected chi connectivity index (χ3v) is 2.69. The van der Waals surface area contributed by atoms with Crippen molar-refractivity contribution < 1.29 is 14.0 Å². The van der Waals surface area contributed by atoms with E-state index in [4.69, 9.17) is 5.73 Å². The molecule has 0 spiro atoms. The van der Waals surface area contributed by atoms with Crippen molar-refractivity contribution in [1.29, 1.82) is 0 Å². The predicted molar refractivity (Wildman–Crippen MR) is 79.0 cm³/mol. The van der Waals surface area contributed by atoms with E-state index >= 15 is 0 Å². The van der Waals surface area contributed by atoms with Gasteiger partial charge < -0.3 is 11.1 Å². The molecule has 0 aliphatic heterocycles. The average Bonchev–Trinajstić information content (AvgIpc) is 2.45. The highest BCUT2D eigenvalue weighted by molar-refractivity contribution is 6.03. The predicted octanol–water partition coefficient (Wildman–Crippen LogP) is 2.58. The second-order valence-electron chi connectivity index (χ2n) is 4.32. The van der Waals surface area contributed by atoms with E-state index in [0.717, 1.165) is 0 Å². The molecule has 0 saturated heterocycles. The summed E-state index contributed by atoms with van der Waals surface area (Å²) >= 11 is 0. The molecule has 0 aromatic heterocycles. The molecule has 5 heteroatoms. The molecule has 2 aromatic rings. The van der Waals surface area contributed by atoms with Crippen LogP contribution in [0.2, 0.25) is 0 Å². The molecule has 0 aliphatic carbocycles. The van der Waals surface area contributed by atoms with Gasteiger partial charge >= 0.3 is 0 Å². The third kappa shape index (κ3) is 4.28. The fourth-order valence-electron chi connectivity index (χ4n) is 1.72. The zero-order valence-electron chi connectivity index (χ0n) is 11.0. The Kier molecular flexibility index (Phi) is 4.46. The lowest BCUT2D eigenvalue weighted by Gasteiger charge is -2.03. The van der Waals surface area contributed by atoms with E-state index < -0.39 is 5.91 Å². The second kappa shape index (κ2) is 6.47. The molecule has 0 saturated carbocycles. The molecule has 0 heterocycles. The minimum absolute atomic E-state index is 0.307. The van der Waals surface area contributed by atoms with Crippen LogP contribution >= 0.6 is 0 Å². The lowest BCUT2D eigenvalue weighted by Crippen LogP contribution is -2.12. The van der Waals surface area contributed by atoms with Crippen molar-refractivity contribution in [2.45, 2.75) is 0 Å². The van der Waals surface area contributed by atoms with Crippen molar-refractivity contribution in [2.24, 2.45) is 5.73 Å². The van der Waals surface area contributed by atoms with Gasteiger partial charge in [0.05, 0.1) is 0 Å². The van der Waals surface area contributed by atoms with E-state index in [1.807, 2.05) is 0 Å². The first-order valence-corrected chi connectivity index (χ1v) is 6.19. The molecular formula is C16H13FN2O2. The molecule has 106 valence electrons. The molecule has 0 unspecified atom stereocenters. The summed E-state index contributed by atoms with van der Waals surface area (Å²) in [5.74, 6) is -1.32. The number of hydrogen-bond acceptors (Lipinski definition) is 2. The van der Waals surface area contributed by atoms with Crippen LogP contribution < -0.4 is 11.1 Å². The number of nitrogens with one attached hydrogen (secondary N) is 1. The quantitative estimate of drug-likeness (QED) is 0.847. The zero-order valence-corrected chi connectivity index (χ0v) is 11.0. The number of primary amides is 1. The van der Waals surface area contributed by atoms with Crippen LogP contribution in [0.25, 0.3) is 6.08 Å². The summed E-state index contributed by atoms with van der Waals surface area (Å²) in [6.45, 7) is 0. The van der Waals surface area contributed by atoms with Gasteiger partial charge in [-0.05, 0) is 42.0 Å². The van der Waals surface area contributed by atoms with Crippen LogP contribution in [0.5, 0.6) is 0 Å². The SMILES string of the molecule is NC(=O)c1cccc(NC(=O)C=Cc2cccc(F)c2)c1. The topological polar surface area (TPSA) is 72.2 Å². The van der Waals surface area contributed by atoms with Crippen LogP contribution in [-0.2, 0) is 4.79 Å². The summed E-state index contributed by atoms with van der Waals surface area (Å²) in [4.78, 5) is 22.8. The van der Waals surface area contributed by atoms with Crippen LogP contribution in [0.1, 0.15) is 15.9 Å². The number of halogens is 1. The molecule has 4 nitrogen and oxygen atoms in total. The maximum Gasteiger partial charge on any atom is 0.248 e. The van der Waals surface area contributed by atoms with Gasteiger partial charge in [-0.25, -0.2) is 4.39 Å². The van der Waals surface area contributed by atoms with Gasteiger partial charge in [0.2, 0.25) is 11.8 Å². The fraction of sp³-hybridized carbons (Fsp3) is 0. The number of hydrogen-bond donors (Lipinski definition) is 2. The van der Waals surface area contributed by atoms with Gasteiger partial charge in [-0.15, -0.1) is 0 Å². The van der Waals surface area contributed by atoms with Crippen LogP contribution in [0, 0.1) is 5.82 Å². The van der Waals surface area contributed by atoms with Crippen molar-refractivity contribution in [1.82, 2.24) is 0 Å². The molecule has 21 heavy (non-hydrogen) atoms. The lowest BCUT2D eigenvalue weighted by atomic mass is 10.2. The number of anilines is 1. The standard InChI is InChI=1S/C16H13FN2O2/c17-13-5-1-3-11(9-13)7-8-15(20)19-14-6-2-4-12(10-14)16(18)21/h1-10H,(H2,18,21)(H,19,20). The van der Waals surface area contributed by atoms with Crippen molar-refractivity contribution in [3.05, 3.63) is 71.6 Å². The molecule has 0 radical (unpaired) electrons. The van der Waals surface area contributed by atoms with Crippen molar-refractivity contribution in [3.8, 4) is 0 Å². The van der Waals surface area contributed by atoms with Gasteiger partial charge in [-0.2, -0.15) is 0 Å². The molecule has 0 bridgehead atoms. The first kappa shape index (κ1) is 14.5. The maximum absolute atomic E-state index is 13.0. The number of carbonyl (C=O) groups is 2. The Morgan fingerprint density at radius 3 is 2.57 bits per heavy atom. The smallest absolute Gasteiger partial charge is 0.248 e. The molecule has 0 atom stereocenters. The summed E-state index contributed by atoms with van der Waals surface area (Å²) in [7, 11) is 0. The Labute approximate surface area is 121 Å². The van der Waals surface area contributed by atoms with Crippen LogP contribution in [0.4, 0.5) is 10.1 Å². The summed E-state index contributed by atoms with van der Waals surface area (Å²) in [6, 6.07) is 12.2. The van der Waals surface area contributed by atoms with E-state index in [9.17, 15) is 14.0 Å². The van der Waals surface area contributed by atoms with Gasteiger partial charge in [0, 0.05) is 17.3 Å². The number of amides is 2. The Hall–Kier alpha value is -2.95. The average molecular weight is 284 g/mol. The number of benzene rings is 2. The van der Waals surface area contributed by atoms with Crippen molar-refractivity contribution in [3.63, 3.8) is 0 Å². The molecule has 3 N–H and O–H groups in total. The second-order valence-corrected chi connectivity index (χ2v) is 4.32. The number of rotatable bonds is 4. The third-order valence-electron chi connectivity index (χ3n) is 2.69. The van der Waals surface area contributed by atoms with Gasteiger partial charge in [0.1, 0.15) is 5.82 Å². The maximum atomic E-state index is 13.0. The van der Waals surface area contributed by atoms with E-state index in [-0.39, 0.29) is 11.7 Å². The minimum atomic E-state index is -0.568. The summed E-state index contributed by atoms with van der Waals surface area (Å²) in [5.41, 5.74) is 6.51. The molecule has 2 aromatic carbocycles. The molecule has 2 amide bonds. The van der Waals surface area contributed by atoms with E-state index in [0.29, 0.717) is 16.8 Å². The Morgan fingerprint density at radius 2 is 1.86 bits per heavy atom. The summed E-state index contributed by atoms with van der Waals surface area (Å²) in [6.07, 6.45) is 2.78. The normalized spacial score (nSPS) is 10.5.